The van der Waals surface area contributed by atoms with E-state index in [4.69, 9.17) is 4.74 Å². The minimum absolute atomic E-state index is 0.102. The molecule has 1 saturated carbocycles. The summed E-state index contributed by atoms with van der Waals surface area (Å²) in [5, 5.41) is 20.7. The van der Waals surface area contributed by atoms with E-state index in [1.807, 2.05) is 51.1 Å². The fraction of sp³-hybridized carbons (Fsp3) is 0.607. The van der Waals surface area contributed by atoms with Crippen LogP contribution in [0.3, 0.4) is 0 Å². The number of carbonyl (C=O) groups is 1. The number of hydrogen-bond donors (Lipinski definition) is 2. The van der Waals surface area contributed by atoms with Crippen molar-refractivity contribution < 1.29 is 19.7 Å². The van der Waals surface area contributed by atoms with Crippen LogP contribution in [0.2, 0.25) is 0 Å². The normalized spacial score (nSPS) is 22.6. The van der Waals surface area contributed by atoms with Gasteiger partial charge in [0.15, 0.2) is 0 Å². The minimum atomic E-state index is -0.462. The molecule has 4 nitrogen and oxygen atoms in total. The number of hydrogen-bond acceptors (Lipinski definition) is 4. The molecule has 0 spiro atoms. The Labute approximate surface area is 194 Å². The molecule has 0 amide bonds. The highest BCUT2D eigenvalue weighted by Crippen LogP contribution is 2.36. The highest BCUT2D eigenvalue weighted by atomic mass is 16.6. The van der Waals surface area contributed by atoms with Gasteiger partial charge in [-0.3, -0.25) is 4.79 Å². The number of aliphatic hydroxyl groups is 2. The predicted molar refractivity (Wildman–Crippen MR) is 130 cm³/mol. The standard InChI is InChI=1S/C28H42O4/c1-28(2,3)32-27(31)17-10-5-4-9-15-23-18-21-26(30)25(23)20-19-24(29)16-11-14-22-12-7-6-8-13-22/h4,6-9,12-13,19-20,23-26,29-30H,5,10-11,14-18,21H2,1-3H3/b9-4-,20-19+/t23-,24-,25?,26+/m0/s1. The molecule has 1 aliphatic rings. The zero-order chi connectivity index (χ0) is 23.4. The van der Waals surface area contributed by atoms with Crippen LogP contribution in [0.5, 0.6) is 0 Å². The number of esters is 1. The van der Waals surface area contributed by atoms with Gasteiger partial charge in [0.2, 0.25) is 0 Å². The molecule has 2 rings (SSSR count). The molecule has 1 aliphatic carbocycles. The van der Waals surface area contributed by atoms with Crippen molar-refractivity contribution in [2.45, 2.75) is 96.4 Å². The molecule has 1 unspecified atom stereocenters. The molecule has 0 saturated heterocycles. The second kappa shape index (κ2) is 13.6. The maximum absolute atomic E-state index is 11.7. The molecular weight excluding hydrogens is 400 g/mol. The fourth-order valence-corrected chi connectivity index (χ4v) is 4.30. The van der Waals surface area contributed by atoms with E-state index in [1.165, 1.54) is 5.56 Å². The molecule has 0 aromatic heterocycles. The third-order valence-corrected chi connectivity index (χ3v) is 5.96. The molecule has 0 heterocycles. The van der Waals surface area contributed by atoms with Gasteiger partial charge in [-0.1, -0.05) is 54.6 Å². The Morgan fingerprint density at radius 3 is 2.62 bits per heavy atom. The smallest absolute Gasteiger partial charge is 0.306 e. The SMILES string of the molecule is CC(C)(C)OC(=O)CCC/C=C\C[C@H]1CC[C@@H](O)C1/C=C/[C@@H](O)CCCc1ccccc1. The zero-order valence-corrected chi connectivity index (χ0v) is 20.1. The molecular formula is C28H42O4. The summed E-state index contributed by atoms with van der Waals surface area (Å²) in [4.78, 5) is 11.7. The van der Waals surface area contributed by atoms with Crippen LogP contribution >= 0.6 is 0 Å². The first-order valence-corrected chi connectivity index (χ1v) is 12.2. The number of aliphatic hydroxyl groups excluding tert-OH is 2. The Morgan fingerprint density at radius 1 is 1.16 bits per heavy atom. The third kappa shape index (κ3) is 10.6. The second-order valence-electron chi connectivity index (χ2n) is 10.00. The first-order chi connectivity index (χ1) is 15.2. The zero-order valence-electron chi connectivity index (χ0n) is 20.1. The van der Waals surface area contributed by atoms with E-state index >= 15 is 0 Å². The van der Waals surface area contributed by atoms with E-state index < -0.39 is 11.7 Å². The Balaban J connectivity index is 1.67. The van der Waals surface area contributed by atoms with E-state index in [0.29, 0.717) is 12.3 Å². The Bertz CT molecular complexity index is 717. The highest BCUT2D eigenvalue weighted by Gasteiger charge is 2.32. The van der Waals surface area contributed by atoms with E-state index in [-0.39, 0.29) is 18.0 Å². The van der Waals surface area contributed by atoms with Gasteiger partial charge in [0.05, 0.1) is 12.2 Å². The van der Waals surface area contributed by atoms with Crippen LogP contribution in [0, 0.1) is 11.8 Å². The Kier molecular flexibility index (Phi) is 11.2. The molecule has 1 aromatic rings. The van der Waals surface area contributed by atoms with Crippen LogP contribution in [0.25, 0.3) is 0 Å². The number of carbonyl (C=O) groups excluding carboxylic acids is 1. The van der Waals surface area contributed by atoms with Crippen LogP contribution < -0.4 is 0 Å². The summed E-state index contributed by atoms with van der Waals surface area (Å²) in [6.07, 6.45) is 14.9. The van der Waals surface area contributed by atoms with Crippen LogP contribution in [-0.2, 0) is 16.0 Å². The van der Waals surface area contributed by atoms with Gasteiger partial charge in [-0.2, -0.15) is 0 Å². The molecule has 1 fully saturated rings. The maximum atomic E-state index is 11.7. The van der Waals surface area contributed by atoms with Crippen molar-refractivity contribution in [3.63, 3.8) is 0 Å². The summed E-state index contributed by atoms with van der Waals surface area (Å²) in [6, 6.07) is 10.3. The summed E-state index contributed by atoms with van der Waals surface area (Å²) in [5.41, 5.74) is 0.877. The second-order valence-corrected chi connectivity index (χ2v) is 10.00. The molecule has 32 heavy (non-hydrogen) atoms. The van der Waals surface area contributed by atoms with Crippen molar-refractivity contribution in [1.29, 1.82) is 0 Å². The lowest BCUT2D eigenvalue weighted by atomic mass is 9.90. The molecule has 1 aromatic carbocycles. The number of unbranched alkanes of at least 4 members (excludes halogenated alkanes) is 1. The van der Waals surface area contributed by atoms with Gasteiger partial charge in [-0.25, -0.2) is 0 Å². The van der Waals surface area contributed by atoms with Crippen molar-refractivity contribution in [2.75, 3.05) is 0 Å². The van der Waals surface area contributed by atoms with E-state index in [1.54, 1.807) is 0 Å². The number of benzene rings is 1. The number of rotatable bonds is 12. The van der Waals surface area contributed by atoms with Gasteiger partial charge in [-0.05, 0) is 83.6 Å². The predicted octanol–water partition coefficient (Wildman–Crippen LogP) is 5.77. The average molecular weight is 443 g/mol. The van der Waals surface area contributed by atoms with Crippen LogP contribution in [0.4, 0.5) is 0 Å². The van der Waals surface area contributed by atoms with Crippen LogP contribution in [0.1, 0.15) is 77.7 Å². The average Bonchev–Trinajstić information content (AvgIpc) is 3.08. The third-order valence-electron chi connectivity index (χ3n) is 5.96. The summed E-state index contributed by atoms with van der Waals surface area (Å²) in [7, 11) is 0. The van der Waals surface area contributed by atoms with Gasteiger partial charge in [0.25, 0.3) is 0 Å². The lowest BCUT2D eigenvalue weighted by Gasteiger charge is -2.19. The first kappa shape index (κ1) is 26.3. The number of ether oxygens (including phenoxy) is 1. The number of aryl methyl sites for hydroxylation is 1. The van der Waals surface area contributed by atoms with Crippen molar-refractivity contribution in [3.05, 3.63) is 60.2 Å². The van der Waals surface area contributed by atoms with Crippen molar-refractivity contribution >= 4 is 5.97 Å². The van der Waals surface area contributed by atoms with Crippen molar-refractivity contribution in [2.24, 2.45) is 11.8 Å². The monoisotopic (exact) mass is 442 g/mol. The quantitative estimate of drug-likeness (QED) is 0.245. The highest BCUT2D eigenvalue weighted by molar-refractivity contribution is 5.69. The van der Waals surface area contributed by atoms with Gasteiger partial charge in [-0.15, -0.1) is 0 Å². The molecule has 178 valence electrons. The molecule has 0 aliphatic heterocycles. The van der Waals surface area contributed by atoms with Crippen LogP contribution in [-0.4, -0.2) is 34.0 Å². The van der Waals surface area contributed by atoms with Crippen molar-refractivity contribution in [3.8, 4) is 0 Å². The summed E-state index contributed by atoms with van der Waals surface area (Å²) in [6.45, 7) is 5.65. The number of allylic oxidation sites excluding steroid dienone is 2. The van der Waals surface area contributed by atoms with E-state index in [9.17, 15) is 15.0 Å². The first-order valence-electron chi connectivity index (χ1n) is 12.2. The molecule has 2 N–H and O–H groups in total. The van der Waals surface area contributed by atoms with E-state index in [0.717, 1.165) is 51.4 Å². The lowest BCUT2D eigenvalue weighted by Crippen LogP contribution is -2.23. The van der Waals surface area contributed by atoms with Crippen LogP contribution in [0.15, 0.2) is 54.6 Å². The minimum Gasteiger partial charge on any atom is -0.460 e. The Morgan fingerprint density at radius 2 is 1.91 bits per heavy atom. The topological polar surface area (TPSA) is 66.8 Å². The van der Waals surface area contributed by atoms with Gasteiger partial charge in [0, 0.05) is 12.3 Å². The maximum Gasteiger partial charge on any atom is 0.306 e. The molecule has 4 atom stereocenters. The van der Waals surface area contributed by atoms with Gasteiger partial charge in [0.1, 0.15) is 5.60 Å². The fourth-order valence-electron chi connectivity index (χ4n) is 4.30. The Hall–Kier alpha value is -1.91. The molecule has 0 radical (unpaired) electrons. The summed E-state index contributed by atoms with van der Waals surface area (Å²) in [5.74, 6) is 0.363. The van der Waals surface area contributed by atoms with E-state index in [2.05, 4.69) is 24.3 Å². The lowest BCUT2D eigenvalue weighted by molar-refractivity contribution is -0.154. The molecule has 4 heteroatoms. The van der Waals surface area contributed by atoms with Crippen molar-refractivity contribution in [1.82, 2.24) is 0 Å². The molecule has 0 bridgehead atoms. The van der Waals surface area contributed by atoms with Gasteiger partial charge < -0.3 is 14.9 Å². The van der Waals surface area contributed by atoms with Gasteiger partial charge >= 0.3 is 5.97 Å². The largest absolute Gasteiger partial charge is 0.460 e. The summed E-state index contributed by atoms with van der Waals surface area (Å²) >= 11 is 0. The summed E-state index contributed by atoms with van der Waals surface area (Å²) < 4.78 is 5.33.